The zero-order valence-electron chi connectivity index (χ0n) is 19.5. The molecule has 0 bridgehead atoms. The molecule has 0 heterocycles. The van der Waals surface area contributed by atoms with Gasteiger partial charge in [-0.25, -0.2) is 9.59 Å². The number of aromatic carboxylic acids is 1. The molecule has 0 atom stereocenters. The van der Waals surface area contributed by atoms with E-state index in [0.717, 1.165) is 12.8 Å². The Morgan fingerprint density at radius 3 is 1.68 bits per heavy atom. The molecular formula is C26H43NO4. The van der Waals surface area contributed by atoms with E-state index >= 15 is 0 Å². The van der Waals surface area contributed by atoms with Crippen molar-refractivity contribution in [2.45, 2.75) is 110 Å². The molecule has 0 fully saturated rings. The lowest BCUT2D eigenvalue weighted by atomic mass is 10.0. The summed E-state index contributed by atoms with van der Waals surface area (Å²) in [6, 6.07) is 6.15. The van der Waals surface area contributed by atoms with Gasteiger partial charge in [-0.15, -0.1) is 0 Å². The summed E-state index contributed by atoms with van der Waals surface area (Å²) in [6.07, 6.45) is 20.4. The monoisotopic (exact) mass is 433 g/mol. The fourth-order valence-corrected chi connectivity index (χ4v) is 3.73. The Kier molecular flexibility index (Phi) is 16.3. The van der Waals surface area contributed by atoms with E-state index in [9.17, 15) is 9.59 Å². The van der Waals surface area contributed by atoms with Crippen molar-refractivity contribution in [3.05, 3.63) is 29.8 Å². The van der Waals surface area contributed by atoms with Crippen LogP contribution >= 0.6 is 0 Å². The summed E-state index contributed by atoms with van der Waals surface area (Å²) in [5.41, 5.74) is -0.0138. The third kappa shape index (κ3) is 14.6. The van der Waals surface area contributed by atoms with Gasteiger partial charge in [-0.3, -0.25) is 0 Å². The number of hydrogen-bond donors (Lipinski definition) is 2. The van der Waals surface area contributed by atoms with Crippen molar-refractivity contribution < 1.29 is 19.4 Å². The molecule has 0 saturated heterocycles. The van der Waals surface area contributed by atoms with Gasteiger partial charge in [0, 0.05) is 6.54 Å². The van der Waals surface area contributed by atoms with Crippen molar-refractivity contribution in [3.63, 3.8) is 0 Å². The standard InChI is InChI=1S/C26H43NO4/c1-2-3-4-5-6-7-8-9-10-11-12-13-14-15-16-19-22-27-26(30)31-24-21-18-17-20-23(24)25(28)29/h17-18,20-21H,2-16,19,22H2,1H3,(H,27,30)(H,28,29). The van der Waals surface area contributed by atoms with Crippen molar-refractivity contribution >= 4 is 12.1 Å². The average molecular weight is 434 g/mol. The number of carbonyl (C=O) groups excluding carboxylic acids is 1. The maximum atomic E-state index is 11.8. The summed E-state index contributed by atoms with van der Waals surface area (Å²) < 4.78 is 5.10. The molecule has 5 nitrogen and oxygen atoms in total. The van der Waals surface area contributed by atoms with Gasteiger partial charge >= 0.3 is 12.1 Å². The van der Waals surface area contributed by atoms with Crippen LogP contribution in [0.1, 0.15) is 120 Å². The first-order valence-corrected chi connectivity index (χ1v) is 12.4. The summed E-state index contributed by atoms with van der Waals surface area (Å²) >= 11 is 0. The molecule has 0 saturated carbocycles. The first-order valence-electron chi connectivity index (χ1n) is 12.4. The summed E-state index contributed by atoms with van der Waals surface area (Å²) in [7, 11) is 0. The SMILES string of the molecule is CCCCCCCCCCCCCCCCCCNC(=O)Oc1ccccc1C(=O)O. The molecule has 2 N–H and O–H groups in total. The van der Waals surface area contributed by atoms with Crippen molar-refractivity contribution in [1.29, 1.82) is 0 Å². The number of nitrogens with one attached hydrogen (secondary N) is 1. The molecule has 5 heteroatoms. The number of hydrogen-bond acceptors (Lipinski definition) is 3. The molecule has 0 aliphatic carbocycles. The molecule has 1 rings (SSSR count). The van der Waals surface area contributed by atoms with E-state index in [0.29, 0.717) is 6.54 Å². The van der Waals surface area contributed by atoms with Crippen molar-refractivity contribution in [2.75, 3.05) is 6.54 Å². The molecule has 176 valence electrons. The molecular weight excluding hydrogens is 390 g/mol. The fourth-order valence-electron chi connectivity index (χ4n) is 3.73. The highest BCUT2D eigenvalue weighted by Crippen LogP contribution is 2.18. The normalized spacial score (nSPS) is 10.7. The minimum atomic E-state index is -1.11. The van der Waals surface area contributed by atoms with Gasteiger partial charge in [-0.1, -0.05) is 115 Å². The number of ether oxygens (including phenoxy) is 1. The lowest BCUT2D eigenvalue weighted by molar-refractivity contribution is 0.0694. The summed E-state index contributed by atoms with van der Waals surface area (Å²) in [4.78, 5) is 22.9. The molecule has 1 amide bonds. The van der Waals surface area contributed by atoms with E-state index in [1.807, 2.05) is 0 Å². The second kappa shape index (κ2) is 18.7. The molecule has 1 aromatic carbocycles. The van der Waals surface area contributed by atoms with Crippen LogP contribution in [0.5, 0.6) is 5.75 Å². The van der Waals surface area contributed by atoms with Crippen LogP contribution in [0.15, 0.2) is 24.3 Å². The van der Waals surface area contributed by atoms with Gasteiger partial charge in [-0.05, 0) is 18.6 Å². The van der Waals surface area contributed by atoms with Crippen LogP contribution in [0.4, 0.5) is 4.79 Å². The number of carboxylic acids is 1. The highest BCUT2D eigenvalue weighted by Gasteiger charge is 2.13. The lowest BCUT2D eigenvalue weighted by Crippen LogP contribution is -2.28. The summed E-state index contributed by atoms with van der Waals surface area (Å²) in [6.45, 7) is 2.82. The quantitative estimate of drug-likeness (QED) is 0.219. The van der Waals surface area contributed by atoms with E-state index in [1.165, 1.54) is 102 Å². The van der Waals surface area contributed by atoms with E-state index < -0.39 is 12.1 Å². The number of para-hydroxylation sites is 1. The first-order chi connectivity index (χ1) is 15.1. The Balaban J connectivity index is 1.87. The number of benzene rings is 1. The zero-order chi connectivity index (χ0) is 22.6. The number of amides is 1. The molecule has 0 spiro atoms. The van der Waals surface area contributed by atoms with Crippen LogP contribution in [-0.4, -0.2) is 23.7 Å². The number of carboxylic acid groups (broad SMARTS) is 1. The fraction of sp³-hybridized carbons (Fsp3) is 0.692. The third-order valence-corrected chi connectivity index (χ3v) is 5.62. The Bertz CT molecular complexity index is 603. The largest absolute Gasteiger partial charge is 0.478 e. The summed E-state index contributed by atoms with van der Waals surface area (Å²) in [5.74, 6) is -1.04. The molecule has 1 aromatic rings. The molecule has 0 unspecified atom stereocenters. The van der Waals surface area contributed by atoms with Crippen molar-refractivity contribution in [2.24, 2.45) is 0 Å². The number of unbranched alkanes of at least 4 members (excludes halogenated alkanes) is 15. The highest BCUT2D eigenvalue weighted by atomic mass is 16.6. The van der Waals surface area contributed by atoms with E-state index in [1.54, 1.807) is 12.1 Å². The Morgan fingerprint density at radius 2 is 1.19 bits per heavy atom. The van der Waals surface area contributed by atoms with Gasteiger partial charge in [-0.2, -0.15) is 0 Å². The van der Waals surface area contributed by atoms with Gasteiger partial charge in [0.1, 0.15) is 11.3 Å². The molecule has 0 aromatic heterocycles. The van der Waals surface area contributed by atoms with E-state index in [4.69, 9.17) is 9.84 Å². The second-order valence-electron chi connectivity index (χ2n) is 8.42. The smallest absolute Gasteiger partial charge is 0.412 e. The molecule has 0 aliphatic rings. The van der Waals surface area contributed by atoms with Gasteiger partial charge < -0.3 is 15.2 Å². The van der Waals surface area contributed by atoms with Crippen LogP contribution in [0.3, 0.4) is 0 Å². The average Bonchev–Trinajstić information content (AvgIpc) is 2.76. The van der Waals surface area contributed by atoms with E-state index in [2.05, 4.69) is 12.2 Å². The van der Waals surface area contributed by atoms with E-state index in [-0.39, 0.29) is 11.3 Å². The van der Waals surface area contributed by atoms with Gasteiger partial charge in [0.2, 0.25) is 0 Å². The van der Waals surface area contributed by atoms with Crippen molar-refractivity contribution in [3.8, 4) is 5.75 Å². The first kappa shape index (κ1) is 27.0. The maximum absolute atomic E-state index is 11.8. The third-order valence-electron chi connectivity index (χ3n) is 5.62. The summed E-state index contributed by atoms with van der Waals surface area (Å²) in [5, 5.41) is 11.8. The van der Waals surface area contributed by atoms with Gasteiger partial charge in [0.25, 0.3) is 0 Å². The van der Waals surface area contributed by atoms with Crippen LogP contribution in [0.2, 0.25) is 0 Å². The van der Waals surface area contributed by atoms with Crippen molar-refractivity contribution in [1.82, 2.24) is 5.32 Å². The van der Waals surface area contributed by atoms with Crippen LogP contribution < -0.4 is 10.1 Å². The molecule has 31 heavy (non-hydrogen) atoms. The van der Waals surface area contributed by atoms with Crippen LogP contribution in [0, 0.1) is 0 Å². The zero-order valence-corrected chi connectivity index (χ0v) is 19.5. The Hall–Kier alpha value is -2.04. The van der Waals surface area contributed by atoms with Crippen LogP contribution in [-0.2, 0) is 0 Å². The minimum Gasteiger partial charge on any atom is -0.478 e. The highest BCUT2D eigenvalue weighted by molar-refractivity contribution is 5.91. The van der Waals surface area contributed by atoms with Crippen LogP contribution in [0.25, 0.3) is 0 Å². The minimum absolute atomic E-state index is 0.0138. The Morgan fingerprint density at radius 1 is 0.742 bits per heavy atom. The lowest BCUT2D eigenvalue weighted by Gasteiger charge is -2.08. The number of rotatable bonds is 19. The topological polar surface area (TPSA) is 75.6 Å². The van der Waals surface area contributed by atoms with Gasteiger partial charge in [0.15, 0.2) is 0 Å². The molecule has 0 aliphatic heterocycles. The predicted molar refractivity (Wildman–Crippen MR) is 127 cm³/mol. The molecule has 0 radical (unpaired) electrons. The Labute approximate surface area is 189 Å². The second-order valence-corrected chi connectivity index (χ2v) is 8.42. The predicted octanol–water partition coefficient (Wildman–Crippen LogP) is 7.73. The maximum Gasteiger partial charge on any atom is 0.412 e. The number of carbonyl (C=O) groups is 2. The van der Waals surface area contributed by atoms with Gasteiger partial charge in [0.05, 0.1) is 0 Å².